The van der Waals surface area contributed by atoms with Crippen LogP contribution in [0.15, 0.2) is 66.7 Å². The normalized spacial score (nSPS) is 11.5. The molecule has 0 heterocycles. The molecule has 1 atom stereocenters. The number of benzene rings is 3. The first-order valence-electron chi connectivity index (χ1n) is 9.63. The van der Waals surface area contributed by atoms with Crippen LogP contribution >= 0.6 is 24.0 Å². The maximum absolute atomic E-state index is 11.2. The number of aliphatic hydroxyl groups is 1. The van der Waals surface area contributed by atoms with E-state index >= 15 is 0 Å². The van der Waals surface area contributed by atoms with Crippen molar-refractivity contribution in [3.05, 3.63) is 88.4 Å². The molecule has 0 aliphatic carbocycles. The van der Waals surface area contributed by atoms with Crippen LogP contribution in [0.25, 0.3) is 11.1 Å². The first-order chi connectivity index (χ1) is 14.5. The molecule has 0 amide bonds. The van der Waals surface area contributed by atoms with Crippen LogP contribution in [0, 0.1) is 0 Å². The minimum absolute atomic E-state index is 0. The Labute approximate surface area is 193 Å². The zero-order valence-corrected chi connectivity index (χ0v) is 18.6. The van der Waals surface area contributed by atoms with Gasteiger partial charge in [-0.1, -0.05) is 54.1 Å². The van der Waals surface area contributed by atoms with Crippen molar-refractivity contribution in [2.75, 3.05) is 20.2 Å². The standard InChI is InChI=1S/C24H24ClNO4.ClH/c1-30-23-14-18(9-10-21(23)24(28)29)17-7-5-16(6-8-17)11-12-26-15-22(27)19-3-2-4-20(25)13-19;/h2-10,13-14,22,26-27H,11-12,15H2,1H3,(H,28,29);1H/t22-;/m0./s1. The fraction of sp³-hybridized carbons (Fsp3) is 0.208. The van der Waals surface area contributed by atoms with Gasteiger partial charge in [-0.15, -0.1) is 12.4 Å². The van der Waals surface area contributed by atoms with Gasteiger partial charge >= 0.3 is 5.97 Å². The van der Waals surface area contributed by atoms with Crippen molar-refractivity contribution in [3.63, 3.8) is 0 Å². The quantitative estimate of drug-likeness (QED) is 0.390. The molecule has 0 aliphatic rings. The van der Waals surface area contributed by atoms with Crippen molar-refractivity contribution in [1.29, 1.82) is 0 Å². The maximum atomic E-state index is 11.2. The van der Waals surface area contributed by atoms with Crippen molar-refractivity contribution in [3.8, 4) is 16.9 Å². The summed E-state index contributed by atoms with van der Waals surface area (Å²) in [6.45, 7) is 1.19. The number of hydrogen-bond acceptors (Lipinski definition) is 4. The fourth-order valence-electron chi connectivity index (χ4n) is 3.21. The van der Waals surface area contributed by atoms with Gasteiger partial charge in [0.25, 0.3) is 0 Å². The monoisotopic (exact) mass is 461 g/mol. The average Bonchev–Trinajstić information content (AvgIpc) is 2.76. The molecule has 0 aromatic heterocycles. The van der Waals surface area contributed by atoms with E-state index in [1.807, 2.05) is 36.4 Å². The number of methoxy groups -OCH3 is 1. The SMILES string of the molecule is COc1cc(-c2ccc(CCNC[C@H](O)c3cccc(Cl)c3)cc2)ccc1C(=O)O.Cl. The van der Waals surface area contributed by atoms with E-state index in [0.717, 1.165) is 35.2 Å². The third kappa shape index (κ3) is 6.71. The molecule has 164 valence electrons. The second kappa shape index (κ2) is 11.7. The summed E-state index contributed by atoms with van der Waals surface area (Å²) in [5.41, 5.74) is 3.98. The number of nitrogens with one attached hydrogen (secondary N) is 1. The molecule has 3 aromatic rings. The molecule has 0 saturated carbocycles. The molecule has 0 aliphatic heterocycles. The summed E-state index contributed by atoms with van der Waals surface area (Å²) in [7, 11) is 1.46. The van der Waals surface area contributed by atoms with E-state index in [1.54, 1.807) is 30.3 Å². The van der Waals surface area contributed by atoms with E-state index in [9.17, 15) is 15.0 Å². The average molecular weight is 462 g/mol. The van der Waals surface area contributed by atoms with Gasteiger partial charge in [0, 0.05) is 11.6 Å². The van der Waals surface area contributed by atoms with Crippen LogP contribution in [0.4, 0.5) is 0 Å². The molecule has 0 unspecified atom stereocenters. The Morgan fingerprint density at radius 1 is 1.06 bits per heavy atom. The molecule has 31 heavy (non-hydrogen) atoms. The summed E-state index contributed by atoms with van der Waals surface area (Å²) in [5, 5.41) is 23.3. The van der Waals surface area contributed by atoms with Crippen LogP contribution in [0.3, 0.4) is 0 Å². The van der Waals surface area contributed by atoms with Gasteiger partial charge in [0.05, 0.1) is 13.2 Å². The molecule has 0 bridgehead atoms. The van der Waals surface area contributed by atoms with E-state index in [1.165, 1.54) is 7.11 Å². The second-order valence-electron chi connectivity index (χ2n) is 6.94. The Morgan fingerprint density at radius 3 is 2.42 bits per heavy atom. The van der Waals surface area contributed by atoms with Gasteiger partial charge in [0.2, 0.25) is 0 Å². The van der Waals surface area contributed by atoms with Crippen molar-refractivity contribution in [2.45, 2.75) is 12.5 Å². The second-order valence-corrected chi connectivity index (χ2v) is 7.38. The predicted molar refractivity (Wildman–Crippen MR) is 126 cm³/mol. The smallest absolute Gasteiger partial charge is 0.339 e. The van der Waals surface area contributed by atoms with Crippen LogP contribution in [0.5, 0.6) is 5.75 Å². The highest BCUT2D eigenvalue weighted by Crippen LogP contribution is 2.27. The number of carboxylic acids is 1. The van der Waals surface area contributed by atoms with Crippen LogP contribution < -0.4 is 10.1 Å². The minimum Gasteiger partial charge on any atom is -0.496 e. The number of aromatic carboxylic acids is 1. The number of hydrogen-bond donors (Lipinski definition) is 3. The Hall–Kier alpha value is -2.57. The molecule has 3 rings (SSSR count). The van der Waals surface area contributed by atoms with Gasteiger partial charge in [-0.2, -0.15) is 0 Å². The molecule has 0 saturated heterocycles. The molecule has 0 fully saturated rings. The number of ether oxygens (including phenoxy) is 1. The Bertz CT molecular complexity index is 1010. The molecule has 3 aromatic carbocycles. The summed E-state index contributed by atoms with van der Waals surface area (Å²) in [5.74, 6) is -0.673. The van der Waals surface area contributed by atoms with Gasteiger partial charge in [-0.25, -0.2) is 4.79 Å². The largest absolute Gasteiger partial charge is 0.496 e. The number of carboxylic acid groups (broad SMARTS) is 1. The van der Waals surface area contributed by atoms with Gasteiger partial charge < -0.3 is 20.3 Å². The third-order valence-electron chi connectivity index (χ3n) is 4.88. The lowest BCUT2D eigenvalue weighted by Crippen LogP contribution is -2.23. The van der Waals surface area contributed by atoms with Gasteiger partial charge in [0.15, 0.2) is 0 Å². The number of halogens is 2. The lowest BCUT2D eigenvalue weighted by atomic mass is 10.0. The maximum Gasteiger partial charge on any atom is 0.339 e. The molecular formula is C24H25Cl2NO4. The predicted octanol–water partition coefficient (Wildman–Crippen LogP) is 5.00. The lowest BCUT2D eigenvalue weighted by molar-refractivity contribution is 0.0693. The molecule has 0 spiro atoms. The minimum atomic E-state index is -1.01. The van der Waals surface area contributed by atoms with Gasteiger partial charge in [0.1, 0.15) is 11.3 Å². The van der Waals surface area contributed by atoms with E-state index in [-0.39, 0.29) is 18.0 Å². The van der Waals surface area contributed by atoms with Crippen molar-refractivity contribution in [1.82, 2.24) is 5.32 Å². The number of rotatable bonds is 9. The van der Waals surface area contributed by atoms with E-state index < -0.39 is 12.1 Å². The number of aliphatic hydroxyl groups excluding tert-OH is 1. The highest BCUT2D eigenvalue weighted by molar-refractivity contribution is 6.30. The molecular weight excluding hydrogens is 437 g/mol. The topological polar surface area (TPSA) is 78.8 Å². The highest BCUT2D eigenvalue weighted by Gasteiger charge is 2.12. The summed E-state index contributed by atoms with van der Waals surface area (Å²) < 4.78 is 5.20. The molecule has 0 radical (unpaired) electrons. The zero-order chi connectivity index (χ0) is 21.5. The summed E-state index contributed by atoms with van der Waals surface area (Å²) in [4.78, 5) is 11.2. The van der Waals surface area contributed by atoms with Crippen LogP contribution in [-0.4, -0.2) is 36.4 Å². The van der Waals surface area contributed by atoms with E-state index in [0.29, 0.717) is 17.3 Å². The lowest BCUT2D eigenvalue weighted by Gasteiger charge is -2.13. The van der Waals surface area contributed by atoms with Crippen LogP contribution in [0.2, 0.25) is 5.02 Å². The Balaban J connectivity index is 0.00000341. The Kier molecular flexibility index (Phi) is 9.34. The molecule has 5 nitrogen and oxygen atoms in total. The van der Waals surface area contributed by atoms with Crippen LogP contribution in [0.1, 0.15) is 27.6 Å². The first-order valence-corrected chi connectivity index (χ1v) is 10.0. The van der Waals surface area contributed by atoms with Gasteiger partial charge in [-0.05, 0) is 59.5 Å². The van der Waals surface area contributed by atoms with E-state index in [2.05, 4.69) is 5.32 Å². The van der Waals surface area contributed by atoms with Gasteiger partial charge in [-0.3, -0.25) is 0 Å². The van der Waals surface area contributed by atoms with Crippen molar-refractivity contribution < 1.29 is 19.7 Å². The fourth-order valence-corrected chi connectivity index (χ4v) is 3.41. The number of carbonyl (C=O) groups is 1. The Morgan fingerprint density at radius 2 is 1.77 bits per heavy atom. The van der Waals surface area contributed by atoms with Crippen LogP contribution in [-0.2, 0) is 6.42 Å². The third-order valence-corrected chi connectivity index (χ3v) is 5.12. The van der Waals surface area contributed by atoms with Crippen molar-refractivity contribution >= 4 is 30.0 Å². The summed E-state index contributed by atoms with van der Waals surface area (Å²) >= 11 is 5.96. The summed E-state index contributed by atoms with van der Waals surface area (Å²) in [6.07, 6.45) is 0.221. The van der Waals surface area contributed by atoms with E-state index in [4.69, 9.17) is 16.3 Å². The van der Waals surface area contributed by atoms with Crippen molar-refractivity contribution in [2.24, 2.45) is 0 Å². The zero-order valence-electron chi connectivity index (χ0n) is 17.0. The molecule has 7 heteroatoms. The first kappa shape index (κ1) is 24.7. The highest BCUT2D eigenvalue weighted by atomic mass is 35.5. The molecule has 3 N–H and O–H groups in total. The summed E-state index contributed by atoms with van der Waals surface area (Å²) in [6, 6.07) is 20.4.